The molecule has 4 atom stereocenters. The zero-order chi connectivity index (χ0) is 35.4. The van der Waals surface area contributed by atoms with Crippen LogP contribution in [0.3, 0.4) is 0 Å². The summed E-state index contributed by atoms with van der Waals surface area (Å²) in [6.07, 6.45) is 6.14. The first-order valence-electron chi connectivity index (χ1n) is 16.6. The lowest BCUT2D eigenvalue weighted by molar-refractivity contribution is -0.134. The van der Waals surface area contributed by atoms with Gasteiger partial charge in [-0.25, -0.2) is 0 Å². The second kappa shape index (κ2) is 20.8. The number of carbonyl (C=O) groups is 4. The number of amides is 4. The number of carbonyl (C=O) groups excluding carboxylic acids is 4. The Morgan fingerprint density at radius 1 is 0.673 bits per heavy atom. The average Bonchev–Trinajstić information content (AvgIpc) is 3.10. The minimum absolute atomic E-state index is 0.0664. The number of nitrogens with zero attached hydrogens (tertiary/aromatic N) is 2. The molecule has 2 aromatic carbocycles. The fraction of sp³-hybridized carbons (Fsp3) is 0.389. The Balaban J connectivity index is 1.75. The lowest BCUT2D eigenvalue weighted by Gasteiger charge is -2.26. The van der Waals surface area contributed by atoms with Crippen LogP contribution in [-0.4, -0.2) is 65.3 Å². The van der Waals surface area contributed by atoms with Crippen molar-refractivity contribution < 1.29 is 19.2 Å². The number of hydrogen-bond acceptors (Lipinski definition) is 7. The number of nitrogens with one attached hydrogen (secondary N) is 4. The summed E-state index contributed by atoms with van der Waals surface area (Å²) in [5, 5.41) is 11.4. The number of nitrogens with two attached hydrogens (primary N) is 3. The molecule has 13 nitrogen and oxygen atoms in total. The van der Waals surface area contributed by atoms with Crippen molar-refractivity contribution in [3.05, 3.63) is 102 Å². The first kappa shape index (κ1) is 38.2. The van der Waals surface area contributed by atoms with E-state index in [9.17, 15) is 19.2 Å². The molecule has 1 aromatic heterocycles. The second-order valence-electron chi connectivity index (χ2n) is 11.8. The number of aromatic nitrogens is 1. The van der Waals surface area contributed by atoms with Gasteiger partial charge in [-0.05, 0) is 54.5 Å². The quantitative estimate of drug-likeness (QED) is 0.0525. The molecule has 0 aliphatic carbocycles. The Bertz CT molecular complexity index is 1490. The van der Waals surface area contributed by atoms with Gasteiger partial charge in [0, 0.05) is 31.9 Å². The molecule has 0 radical (unpaired) electrons. The molecule has 4 amide bonds. The largest absolute Gasteiger partial charge is 0.370 e. The fourth-order valence-electron chi connectivity index (χ4n) is 5.11. The number of guanidine groups is 1. The van der Waals surface area contributed by atoms with Gasteiger partial charge in [-0.2, -0.15) is 0 Å². The molecule has 0 spiro atoms. The third kappa shape index (κ3) is 14.2. The Hall–Kier alpha value is -5.30. The van der Waals surface area contributed by atoms with Crippen molar-refractivity contribution in [1.82, 2.24) is 26.3 Å². The molecule has 3 aromatic rings. The maximum atomic E-state index is 13.8. The van der Waals surface area contributed by atoms with Crippen molar-refractivity contribution in [3.8, 4) is 0 Å². The predicted octanol–water partition coefficient (Wildman–Crippen LogP) is 1.21. The van der Waals surface area contributed by atoms with E-state index in [0.29, 0.717) is 25.7 Å². The zero-order valence-electron chi connectivity index (χ0n) is 28.0. The van der Waals surface area contributed by atoms with Crippen LogP contribution in [0.2, 0.25) is 0 Å². The van der Waals surface area contributed by atoms with E-state index in [2.05, 4.69) is 31.2 Å². The highest BCUT2D eigenvalue weighted by atomic mass is 16.2. The molecule has 49 heavy (non-hydrogen) atoms. The van der Waals surface area contributed by atoms with E-state index in [4.69, 9.17) is 17.2 Å². The molecule has 262 valence electrons. The van der Waals surface area contributed by atoms with Crippen LogP contribution >= 0.6 is 0 Å². The van der Waals surface area contributed by atoms with E-state index >= 15 is 0 Å². The summed E-state index contributed by atoms with van der Waals surface area (Å²) in [6.45, 7) is 2.49. The zero-order valence-corrected chi connectivity index (χ0v) is 28.0. The highest BCUT2D eigenvalue weighted by molar-refractivity contribution is 5.95. The summed E-state index contributed by atoms with van der Waals surface area (Å²) in [5.41, 5.74) is 19.7. The summed E-state index contributed by atoms with van der Waals surface area (Å²) in [5.74, 6) is -1.99. The summed E-state index contributed by atoms with van der Waals surface area (Å²) < 4.78 is 0. The van der Waals surface area contributed by atoms with E-state index in [1.165, 1.54) is 0 Å². The highest BCUT2D eigenvalue weighted by Crippen LogP contribution is 2.09. The number of aliphatic imine (C=N–C) groups is 1. The minimum Gasteiger partial charge on any atom is -0.370 e. The first-order chi connectivity index (χ1) is 23.7. The van der Waals surface area contributed by atoms with Gasteiger partial charge in [0.05, 0.1) is 6.04 Å². The normalized spacial score (nSPS) is 13.2. The monoisotopic (exact) mass is 671 g/mol. The second-order valence-corrected chi connectivity index (χ2v) is 11.8. The molecule has 10 N–H and O–H groups in total. The van der Waals surface area contributed by atoms with Gasteiger partial charge >= 0.3 is 0 Å². The van der Waals surface area contributed by atoms with Gasteiger partial charge in [0.25, 0.3) is 0 Å². The highest BCUT2D eigenvalue weighted by Gasteiger charge is 2.30. The smallest absolute Gasteiger partial charge is 0.243 e. The lowest BCUT2D eigenvalue weighted by Crippen LogP contribution is -2.58. The van der Waals surface area contributed by atoms with Crippen molar-refractivity contribution in [2.45, 2.75) is 82.6 Å². The SMILES string of the molecule is CCCC[C@@H](NC(=O)C(Cc1ccccc1)NC(=O)C(N)Cc1ccccc1)C(=O)N[C@H](CCCN=C(N)N)C(=O)NCc1ccncc1. The van der Waals surface area contributed by atoms with Crippen LogP contribution < -0.4 is 38.5 Å². The first-order valence-corrected chi connectivity index (χ1v) is 16.6. The molecule has 0 saturated carbocycles. The van der Waals surface area contributed by atoms with E-state index in [1.807, 2.05) is 67.6 Å². The van der Waals surface area contributed by atoms with Gasteiger partial charge in [0.2, 0.25) is 23.6 Å². The third-order valence-corrected chi connectivity index (χ3v) is 7.82. The van der Waals surface area contributed by atoms with Crippen molar-refractivity contribution in [3.63, 3.8) is 0 Å². The van der Waals surface area contributed by atoms with Crippen LogP contribution in [0.4, 0.5) is 0 Å². The number of rotatable bonds is 20. The number of benzene rings is 2. The molecule has 0 aliphatic heterocycles. The summed E-state index contributed by atoms with van der Waals surface area (Å²) in [6, 6.07) is 18.4. The summed E-state index contributed by atoms with van der Waals surface area (Å²) in [4.78, 5) is 62.1. The van der Waals surface area contributed by atoms with Gasteiger partial charge in [-0.15, -0.1) is 0 Å². The maximum absolute atomic E-state index is 13.8. The molecule has 0 aliphatic rings. The van der Waals surface area contributed by atoms with Crippen molar-refractivity contribution in [2.75, 3.05) is 6.54 Å². The van der Waals surface area contributed by atoms with E-state index < -0.39 is 47.8 Å². The number of unbranched alkanes of at least 4 members (excludes halogenated alkanes) is 1. The standard InChI is InChI=1S/C36H49N9O4/c1-2-3-15-30(34(48)43-29(16-10-19-41-36(38)39)33(47)42-24-27-17-20-40-21-18-27)44-35(49)31(23-26-13-8-5-9-14-26)45-32(46)28(37)22-25-11-6-4-7-12-25/h4-9,11-14,17-18,20-21,28-31H,2-3,10,15-16,19,22-24,37H2,1H3,(H,42,47)(H,43,48)(H,44,49)(H,45,46)(H4,38,39,41)/t28?,29-,30-,31?/m1/s1. The van der Waals surface area contributed by atoms with Gasteiger partial charge in [-0.3, -0.25) is 29.2 Å². The van der Waals surface area contributed by atoms with Crippen molar-refractivity contribution in [1.29, 1.82) is 0 Å². The fourth-order valence-corrected chi connectivity index (χ4v) is 5.11. The summed E-state index contributed by atoms with van der Waals surface area (Å²) in [7, 11) is 0. The molecule has 3 rings (SSSR count). The predicted molar refractivity (Wildman–Crippen MR) is 190 cm³/mol. The van der Waals surface area contributed by atoms with Crippen LogP contribution in [0.1, 0.15) is 55.7 Å². The molecule has 2 unspecified atom stereocenters. The van der Waals surface area contributed by atoms with Gasteiger partial charge in [0.15, 0.2) is 5.96 Å². The van der Waals surface area contributed by atoms with Gasteiger partial charge < -0.3 is 38.5 Å². The Labute approximate surface area is 287 Å². The number of pyridine rings is 1. The molecule has 0 fully saturated rings. The van der Waals surface area contributed by atoms with Crippen molar-refractivity contribution in [2.24, 2.45) is 22.2 Å². The Kier molecular flexibility index (Phi) is 16.2. The summed E-state index contributed by atoms with van der Waals surface area (Å²) >= 11 is 0. The third-order valence-electron chi connectivity index (χ3n) is 7.82. The number of hydrogen-bond donors (Lipinski definition) is 7. The van der Waals surface area contributed by atoms with Crippen LogP contribution in [0.5, 0.6) is 0 Å². The van der Waals surface area contributed by atoms with E-state index in [0.717, 1.165) is 23.1 Å². The molecule has 0 bridgehead atoms. The molecule has 1 heterocycles. The van der Waals surface area contributed by atoms with Gasteiger partial charge in [-0.1, -0.05) is 80.4 Å². The van der Waals surface area contributed by atoms with Crippen LogP contribution in [0, 0.1) is 0 Å². The Morgan fingerprint density at radius 2 is 1.20 bits per heavy atom. The molecular weight excluding hydrogens is 622 g/mol. The van der Waals surface area contributed by atoms with Crippen LogP contribution in [0.15, 0.2) is 90.2 Å². The van der Waals surface area contributed by atoms with E-state index in [1.54, 1.807) is 24.5 Å². The Morgan fingerprint density at radius 3 is 1.80 bits per heavy atom. The van der Waals surface area contributed by atoms with Crippen LogP contribution in [-0.2, 0) is 38.6 Å². The average molecular weight is 672 g/mol. The van der Waals surface area contributed by atoms with Crippen molar-refractivity contribution >= 4 is 29.6 Å². The topological polar surface area (TPSA) is 220 Å². The van der Waals surface area contributed by atoms with Crippen LogP contribution in [0.25, 0.3) is 0 Å². The maximum Gasteiger partial charge on any atom is 0.243 e. The minimum atomic E-state index is -1.01. The molecule has 13 heteroatoms. The van der Waals surface area contributed by atoms with E-state index in [-0.39, 0.29) is 31.9 Å². The molecular formula is C36H49N9O4. The lowest BCUT2D eigenvalue weighted by atomic mass is 10.0. The van der Waals surface area contributed by atoms with Gasteiger partial charge in [0.1, 0.15) is 18.1 Å². The molecule has 0 saturated heterocycles.